The summed E-state index contributed by atoms with van der Waals surface area (Å²) in [5, 5.41) is 5.47. The summed E-state index contributed by atoms with van der Waals surface area (Å²) in [5.41, 5.74) is 3.46. The number of nitrogens with one attached hydrogen (secondary N) is 3. The van der Waals surface area contributed by atoms with Gasteiger partial charge in [0, 0.05) is 35.6 Å². The van der Waals surface area contributed by atoms with Crippen LogP contribution in [0.5, 0.6) is 0 Å². The van der Waals surface area contributed by atoms with E-state index in [2.05, 4.69) is 15.6 Å². The van der Waals surface area contributed by atoms with Gasteiger partial charge in [-0.3, -0.25) is 14.4 Å². The number of alkyl halides is 3. The monoisotopic (exact) mass is 479 g/mol. The van der Waals surface area contributed by atoms with Crippen molar-refractivity contribution in [3.8, 4) is 0 Å². The predicted molar refractivity (Wildman–Crippen MR) is 120 cm³/mol. The van der Waals surface area contributed by atoms with Crippen LogP contribution in [0.3, 0.4) is 0 Å². The van der Waals surface area contributed by atoms with Gasteiger partial charge in [-0.2, -0.15) is 13.2 Å². The molecule has 0 spiro atoms. The van der Waals surface area contributed by atoms with Crippen molar-refractivity contribution < 1.29 is 31.9 Å². The second kappa shape index (κ2) is 10.2. The Kier molecular flexibility index (Phi) is 7.58. The first-order chi connectivity index (χ1) is 16.0. The average Bonchev–Trinajstić information content (AvgIpc) is 3.21. The minimum absolute atomic E-state index is 0.154. The highest BCUT2D eigenvalue weighted by molar-refractivity contribution is 6.34. The number of unbranched alkanes of at least 4 members (excludes halogenated alkanes) is 3. The van der Waals surface area contributed by atoms with E-state index in [9.17, 15) is 31.9 Å². The molecule has 0 unspecified atom stereocenters. The number of carbonyl (C=O) groups is 3. The van der Waals surface area contributed by atoms with Crippen molar-refractivity contribution in [3.05, 3.63) is 52.1 Å². The molecule has 0 atom stereocenters. The SMILES string of the molecule is Cc1[nH]c(/C=C2\C(=O)Nc3ccc(F)cc32)c(C)c1C(=O)NCCCCCCC(=O)C(F)(F)F. The van der Waals surface area contributed by atoms with Gasteiger partial charge >= 0.3 is 6.18 Å². The Morgan fingerprint density at radius 2 is 1.79 bits per heavy atom. The molecular formula is C24H25F4N3O3. The fraction of sp³-hybridized carbons (Fsp3) is 0.375. The molecule has 0 fully saturated rings. The highest BCUT2D eigenvalue weighted by Crippen LogP contribution is 2.34. The van der Waals surface area contributed by atoms with Gasteiger partial charge in [-0.15, -0.1) is 0 Å². The van der Waals surface area contributed by atoms with Crippen molar-refractivity contribution in [2.45, 2.75) is 52.1 Å². The van der Waals surface area contributed by atoms with Gasteiger partial charge in [-0.25, -0.2) is 4.39 Å². The Balaban J connectivity index is 1.57. The molecule has 1 aromatic carbocycles. The van der Waals surface area contributed by atoms with Crippen LogP contribution in [0.1, 0.15) is 65.0 Å². The third-order valence-corrected chi connectivity index (χ3v) is 5.69. The third-order valence-electron chi connectivity index (χ3n) is 5.69. The van der Waals surface area contributed by atoms with E-state index < -0.39 is 24.2 Å². The largest absolute Gasteiger partial charge is 0.449 e. The lowest BCUT2D eigenvalue weighted by molar-refractivity contribution is -0.171. The number of anilines is 1. The van der Waals surface area contributed by atoms with Gasteiger partial charge in [0.15, 0.2) is 0 Å². The maximum Gasteiger partial charge on any atom is 0.449 e. The number of aromatic nitrogens is 1. The minimum atomic E-state index is -4.78. The van der Waals surface area contributed by atoms with Gasteiger partial charge in [-0.1, -0.05) is 12.8 Å². The molecule has 1 aromatic heterocycles. The van der Waals surface area contributed by atoms with Crippen LogP contribution in [0.2, 0.25) is 0 Å². The fourth-order valence-corrected chi connectivity index (χ4v) is 3.90. The average molecular weight is 479 g/mol. The number of carbonyl (C=O) groups excluding carboxylic acids is 3. The van der Waals surface area contributed by atoms with Gasteiger partial charge in [0.1, 0.15) is 5.82 Å². The lowest BCUT2D eigenvalue weighted by Crippen LogP contribution is -2.25. The number of rotatable bonds is 9. The van der Waals surface area contributed by atoms with E-state index in [1.54, 1.807) is 19.9 Å². The van der Waals surface area contributed by atoms with Crippen molar-refractivity contribution in [2.75, 3.05) is 11.9 Å². The Hall–Kier alpha value is -3.43. The molecule has 3 rings (SSSR count). The molecule has 34 heavy (non-hydrogen) atoms. The molecule has 0 saturated carbocycles. The summed E-state index contributed by atoms with van der Waals surface area (Å²) < 4.78 is 50.2. The van der Waals surface area contributed by atoms with Crippen molar-refractivity contribution in [2.24, 2.45) is 0 Å². The molecular weight excluding hydrogens is 454 g/mol. The summed E-state index contributed by atoms with van der Waals surface area (Å²) in [6, 6.07) is 4.02. The van der Waals surface area contributed by atoms with Gasteiger partial charge in [0.2, 0.25) is 5.78 Å². The summed E-state index contributed by atoms with van der Waals surface area (Å²) in [5.74, 6) is -2.86. The van der Waals surface area contributed by atoms with Crippen molar-refractivity contribution in [1.29, 1.82) is 0 Å². The molecule has 0 radical (unpaired) electrons. The summed E-state index contributed by atoms with van der Waals surface area (Å²) >= 11 is 0. The van der Waals surface area contributed by atoms with Crippen LogP contribution in [-0.4, -0.2) is 35.3 Å². The van der Waals surface area contributed by atoms with Crippen LogP contribution in [0, 0.1) is 19.7 Å². The molecule has 10 heteroatoms. The van der Waals surface area contributed by atoms with E-state index in [-0.39, 0.29) is 23.8 Å². The molecule has 2 amide bonds. The first-order valence-corrected chi connectivity index (χ1v) is 10.9. The lowest BCUT2D eigenvalue weighted by atomic mass is 10.0. The number of Topliss-reactive ketones (excluding diaryl/α,β-unsaturated/α-hetero) is 1. The predicted octanol–water partition coefficient (Wildman–Crippen LogP) is 5.08. The highest BCUT2D eigenvalue weighted by Gasteiger charge is 2.37. The smallest absolute Gasteiger partial charge is 0.358 e. The molecule has 0 saturated heterocycles. The maximum atomic E-state index is 13.7. The van der Waals surface area contributed by atoms with Gasteiger partial charge in [0.25, 0.3) is 11.8 Å². The zero-order chi connectivity index (χ0) is 25.0. The number of ketones is 1. The van der Waals surface area contributed by atoms with Crippen LogP contribution in [0.15, 0.2) is 18.2 Å². The van der Waals surface area contributed by atoms with Crippen LogP contribution in [0.25, 0.3) is 11.6 Å². The van der Waals surface area contributed by atoms with Crippen molar-refractivity contribution in [3.63, 3.8) is 0 Å². The molecule has 0 aliphatic carbocycles. The van der Waals surface area contributed by atoms with E-state index in [1.165, 1.54) is 18.2 Å². The summed E-state index contributed by atoms with van der Waals surface area (Å²) in [6.07, 6.45) is -1.96. The highest BCUT2D eigenvalue weighted by atomic mass is 19.4. The van der Waals surface area contributed by atoms with Crippen LogP contribution >= 0.6 is 0 Å². The lowest BCUT2D eigenvalue weighted by Gasteiger charge is -2.07. The van der Waals surface area contributed by atoms with Gasteiger partial charge in [-0.05, 0) is 56.5 Å². The first-order valence-electron chi connectivity index (χ1n) is 10.9. The molecule has 182 valence electrons. The number of aryl methyl sites for hydroxylation is 1. The minimum Gasteiger partial charge on any atom is -0.358 e. The summed E-state index contributed by atoms with van der Waals surface area (Å²) in [4.78, 5) is 39.0. The molecule has 6 nitrogen and oxygen atoms in total. The molecule has 0 bridgehead atoms. The zero-order valence-electron chi connectivity index (χ0n) is 18.8. The number of halogens is 4. The number of hydrogen-bond donors (Lipinski definition) is 3. The third kappa shape index (κ3) is 5.73. The zero-order valence-corrected chi connectivity index (χ0v) is 18.8. The van der Waals surface area contributed by atoms with Gasteiger partial charge in [0.05, 0.1) is 11.1 Å². The number of benzene rings is 1. The van der Waals surface area contributed by atoms with Crippen LogP contribution in [-0.2, 0) is 9.59 Å². The van der Waals surface area contributed by atoms with E-state index in [1.807, 2.05) is 0 Å². The molecule has 1 aliphatic heterocycles. The number of aromatic amines is 1. The quantitative estimate of drug-likeness (QED) is 0.266. The van der Waals surface area contributed by atoms with Gasteiger partial charge < -0.3 is 15.6 Å². The second-order valence-electron chi connectivity index (χ2n) is 8.21. The van der Waals surface area contributed by atoms with E-state index in [0.717, 1.165) is 0 Å². The normalized spacial score (nSPS) is 14.3. The summed E-state index contributed by atoms with van der Waals surface area (Å²) in [6.45, 7) is 3.80. The van der Waals surface area contributed by atoms with Crippen molar-refractivity contribution in [1.82, 2.24) is 10.3 Å². The molecule has 1 aliphatic rings. The van der Waals surface area contributed by atoms with Crippen molar-refractivity contribution >= 4 is 34.9 Å². The maximum absolute atomic E-state index is 13.7. The standard InChI is InChI=1S/C24H25F4N3O3/c1-13-19(12-17-16-11-15(25)8-9-18(16)31-22(17)33)30-14(2)21(13)23(34)29-10-6-4-3-5-7-20(32)24(26,27)28/h8-9,11-12,30H,3-7,10H2,1-2H3,(H,29,34)(H,31,33)/b17-12-. The van der Waals surface area contributed by atoms with Crippen LogP contribution in [0.4, 0.5) is 23.2 Å². The number of hydrogen-bond acceptors (Lipinski definition) is 3. The molecule has 2 heterocycles. The summed E-state index contributed by atoms with van der Waals surface area (Å²) in [7, 11) is 0. The number of H-pyrrole nitrogens is 1. The number of amides is 2. The Morgan fingerprint density at radius 1 is 1.09 bits per heavy atom. The Morgan fingerprint density at radius 3 is 2.50 bits per heavy atom. The Bertz CT molecular complexity index is 1150. The molecule has 2 aromatic rings. The topological polar surface area (TPSA) is 91.1 Å². The fourth-order valence-electron chi connectivity index (χ4n) is 3.90. The van der Waals surface area contributed by atoms with Crippen LogP contribution < -0.4 is 10.6 Å². The first kappa shape index (κ1) is 25.2. The van der Waals surface area contributed by atoms with E-state index in [0.29, 0.717) is 59.6 Å². The number of fused-ring (bicyclic) bond motifs is 1. The van der Waals surface area contributed by atoms with E-state index >= 15 is 0 Å². The van der Waals surface area contributed by atoms with E-state index in [4.69, 9.17) is 0 Å². The molecule has 3 N–H and O–H groups in total. The second-order valence-corrected chi connectivity index (χ2v) is 8.21. The Labute approximate surface area is 193 Å².